The van der Waals surface area contributed by atoms with Gasteiger partial charge in [0.2, 0.25) is 0 Å². The number of hydrogen-bond acceptors (Lipinski definition) is 4. The van der Waals surface area contributed by atoms with Gasteiger partial charge in [-0.25, -0.2) is 0 Å². The number of fused-ring (bicyclic) bond motifs is 1. The number of aromatic nitrogens is 3. The molecule has 0 spiro atoms. The van der Waals surface area contributed by atoms with Crippen LogP contribution in [0.25, 0.3) is 27.8 Å². The molecule has 8 heteroatoms. The summed E-state index contributed by atoms with van der Waals surface area (Å²) in [5.74, 6) is 0. The summed E-state index contributed by atoms with van der Waals surface area (Å²) in [7, 11) is 0. The molecule has 0 fully saturated rings. The summed E-state index contributed by atoms with van der Waals surface area (Å²) in [6.45, 7) is 0. The number of nitrogens with zero attached hydrogens (tertiary/aromatic N) is 4. The van der Waals surface area contributed by atoms with E-state index in [0.29, 0.717) is 11.3 Å². The van der Waals surface area contributed by atoms with Crippen LogP contribution in [0.2, 0.25) is 0 Å². The molecule has 0 amide bonds. The molecule has 2 aromatic heterocycles. The highest BCUT2D eigenvalue weighted by molar-refractivity contribution is 5.90. The van der Waals surface area contributed by atoms with E-state index < -0.39 is 17.3 Å². The summed E-state index contributed by atoms with van der Waals surface area (Å²) in [5, 5.41) is 13.6. The molecule has 2 heterocycles. The minimum absolute atomic E-state index is 0.133. The van der Waals surface area contributed by atoms with Gasteiger partial charge in [0.05, 0.1) is 28.3 Å². The van der Waals surface area contributed by atoms with E-state index in [-0.39, 0.29) is 22.2 Å². The van der Waals surface area contributed by atoms with Crippen molar-refractivity contribution in [3.05, 3.63) is 88.3 Å². The van der Waals surface area contributed by atoms with E-state index in [2.05, 4.69) is 10.1 Å². The molecule has 0 saturated carbocycles. The molecule has 0 aliphatic carbocycles. The van der Waals surface area contributed by atoms with E-state index >= 15 is 0 Å². The number of rotatable bonds is 2. The van der Waals surface area contributed by atoms with Crippen LogP contribution in [-0.2, 0) is 6.18 Å². The fraction of sp³-hybridized carbons (Fsp3) is 0.0476. The first-order chi connectivity index (χ1) is 13.9. The Bertz CT molecular complexity index is 1340. The van der Waals surface area contributed by atoms with Gasteiger partial charge < -0.3 is 0 Å². The quantitative estimate of drug-likeness (QED) is 0.509. The third-order valence-corrected chi connectivity index (χ3v) is 4.34. The van der Waals surface area contributed by atoms with E-state index in [1.54, 1.807) is 24.3 Å². The highest BCUT2D eigenvalue weighted by Crippen LogP contribution is 2.33. The van der Waals surface area contributed by atoms with E-state index in [4.69, 9.17) is 5.26 Å². The second-order valence-electron chi connectivity index (χ2n) is 6.21. The van der Waals surface area contributed by atoms with Crippen molar-refractivity contribution in [2.24, 2.45) is 0 Å². The summed E-state index contributed by atoms with van der Waals surface area (Å²) >= 11 is 0. The van der Waals surface area contributed by atoms with Crippen LogP contribution in [0.3, 0.4) is 0 Å². The van der Waals surface area contributed by atoms with E-state index in [1.807, 2.05) is 6.07 Å². The number of pyridine rings is 1. The first kappa shape index (κ1) is 18.4. The molecule has 0 aliphatic rings. The molecule has 5 nitrogen and oxygen atoms in total. The van der Waals surface area contributed by atoms with Gasteiger partial charge in [-0.1, -0.05) is 18.2 Å². The number of hydrogen-bond donors (Lipinski definition) is 0. The highest BCUT2D eigenvalue weighted by Gasteiger charge is 2.30. The molecule has 29 heavy (non-hydrogen) atoms. The van der Waals surface area contributed by atoms with Crippen molar-refractivity contribution < 1.29 is 13.2 Å². The predicted molar refractivity (Wildman–Crippen MR) is 100 cm³/mol. The van der Waals surface area contributed by atoms with Crippen molar-refractivity contribution in [2.45, 2.75) is 6.18 Å². The fourth-order valence-electron chi connectivity index (χ4n) is 2.99. The Morgan fingerprint density at radius 3 is 2.55 bits per heavy atom. The van der Waals surface area contributed by atoms with Gasteiger partial charge in [-0.2, -0.15) is 28.2 Å². The lowest BCUT2D eigenvalue weighted by Crippen LogP contribution is -2.22. The molecule has 0 atom stereocenters. The molecule has 4 aromatic rings. The summed E-state index contributed by atoms with van der Waals surface area (Å²) in [4.78, 5) is 17.1. The van der Waals surface area contributed by atoms with Crippen molar-refractivity contribution in [1.29, 1.82) is 5.26 Å². The molecule has 0 saturated heterocycles. The zero-order valence-corrected chi connectivity index (χ0v) is 14.7. The number of alkyl halides is 3. The highest BCUT2D eigenvalue weighted by atomic mass is 19.4. The molecular weight excluding hydrogens is 381 g/mol. The van der Waals surface area contributed by atoms with Gasteiger partial charge in [0.15, 0.2) is 0 Å². The average Bonchev–Trinajstić information content (AvgIpc) is 2.74. The minimum atomic E-state index is -4.52. The minimum Gasteiger partial charge on any atom is -0.267 e. The lowest BCUT2D eigenvalue weighted by molar-refractivity contribution is -0.137. The third-order valence-electron chi connectivity index (χ3n) is 4.34. The van der Waals surface area contributed by atoms with Crippen LogP contribution in [0.4, 0.5) is 13.2 Å². The van der Waals surface area contributed by atoms with Crippen LogP contribution in [-0.4, -0.2) is 14.8 Å². The van der Waals surface area contributed by atoms with Gasteiger partial charge in [-0.3, -0.25) is 9.78 Å². The van der Waals surface area contributed by atoms with Crippen molar-refractivity contribution in [1.82, 2.24) is 14.8 Å². The maximum Gasteiger partial charge on any atom is 0.416 e. The Morgan fingerprint density at radius 2 is 1.79 bits per heavy atom. The number of nitriles is 1. The molecule has 2 aromatic carbocycles. The lowest BCUT2D eigenvalue weighted by Gasteiger charge is -2.12. The molecule has 0 unspecified atom stereocenters. The maximum atomic E-state index is 13.2. The molecular formula is C21H11F3N4O. The molecule has 4 rings (SSSR count). The lowest BCUT2D eigenvalue weighted by atomic mass is 10.1. The maximum absolute atomic E-state index is 13.2. The third kappa shape index (κ3) is 3.34. The molecule has 0 bridgehead atoms. The normalized spacial score (nSPS) is 11.4. The summed E-state index contributed by atoms with van der Waals surface area (Å²) in [5.41, 5.74) is -0.160. The van der Waals surface area contributed by atoms with E-state index in [9.17, 15) is 18.0 Å². The Hall–Kier alpha value is -3.99. The molecule has 0 N–H and O–H groups in total. The first-order valence-electron chi connectivity index (χ1n) is 8.45. The van der Waals surface area contributed by atoms with Crippen LogP contribution in [0.5, 0.6) is 0 Å². The summed E-state index contributed by atoms with van der Waals surface area (Å²) in [6.07, 6.45) is -3.07. The molecule has 0 radical (unpaired) electrons. The predicted octanol–water partition coefficient (Wildman–Crippen LogP) is 4.34. The molecule has 0 aliphatic heterocycles. The zero-order valence-electron chi connectivity index (χ0n) is 14.7. The van der Waals surface area contributed by atoms with Crippen LogP contribution >= 0.6 is 0 Å². The van der Waals surface area contributed by atoms with E-state index in [1.165, 1.54) is 30.5 Å². The van der Waals surface area contributed by atoms with Gasteiger partial charge in [0, 0.05) is 11.8 Å². The SMILES string of the molecule is N#Cc1cccc(-n2nc(-c3cccc(C(F)(F)F)c3)c3ncccc3c2=O)c1. The first-order valence-corrected chi connectivity index (χ1v) is 8.45. The van der Waals surface area contributed by atoms with E-state index in [0.717, 1.165) is 16.8 Å². The van der Waals surface area contributed by atoms with Gasteiger partial charge in [0.1, 0.15) is 11.2 Å². The van der Waals surface area contributed by atoms with Crippen LogP contribution < -0.4 is 5.56 Å². The van der Waals surface area contributed by atoms with Crippen LogP contribution in [0, 0.1) is 11.3 Å². The van der Waals surface area contributed by atoms with Crippen LogP contribution in [0.1, 0.15) is 11.1 Å². The van der Waals surface area contributed by atoms with Gasteiger partial charge in [-0.15, -0.1) is 0 Å². The Kier molecular flexibility index (Phi) is 4.35. The van der Waals surface area contributed by atoms with Gasteiger partial charge >= 0.3 is 6.18 Å². The fourth-order valence-corrected chi connectivity index (χ4v) is 2.99. The van der Waals surface area contributed by atoms with Gasteiger partial charge in [0.25, 0.3) is 5.56 Å². The number of benzene rings is 2. The van der Waals surface area contributed by atoms with Crippen molar-refractivity contribution in [3.63, 3.8) is 0 Å². The Balaban J connectivity index is 2.04. The standard InChI is InChI=1S/C21H11F3N4O/c22-21(23,24)15-6-2-5-14(11-15)18-19-17(8-3-9-26-19)20(29)28(27-18)16-7-1-4-13(10-16)12-25/h1-11H. The van der Waals surface area contributed by atoms with Crippen molar-refractivity contribution in [2.75, 3.05) is 0 Å². The monoisotopic (exact) mass is 392 g/mol. The Labute approximate surface area is 162 Å². The second kappa shape index (κ2) is 6.87. The zero-order chi connectivity index (χ0) is 20.6. The second-order valence-corrected chi connectivity index (χ2v) is 6.21. The topological polar surface area (TPSA) is 71.6 Å². The average molecular weight is 392 g/mol. The van der Waals surface area contributed by atoms with Crippen molar-refractivity contribution >= 4 is 10.9 Å². The smallest absolute Gasteiger partial charge is 0.267 e. The largest absolute Gasteiger partial charge is 0.416 e. The summed E-state index contributed by atoms with van der Waals surface area (Å²) < 4.78 is 40.6. The summed E-state index contributed by atoms with van der Waals surface area (Å²) in [6, 6.07) is 16.0. The molecule has 142 valence electrons. The van der Waals surface area contributed by atoms with Gasteiger partial charge in [-0.05, 0) is 42.5 Å². The van der Waals surface area contributed by atoms with Crippen LogP contribution in [0.15, 0.2) is 71.7 Å². The Morgan fingerprint density at radius 1 is 1.00 bits per heavy atom. The number of halogens is 3. The van der Waals surface area contributed by atoms with Crippen molar-refractivity contribution in [3.8, 4) is 23.0 Å².